The molecule has 0 N–H and O–H groups in total. The van der Waals surface area contributed by atoms with Crippen LogP contribution in [0.4, 0.5) is 0 Å². The summed E-state index contributed by atoms with van der Waals surface area (Å²) >= 11 is 0. The van der Waals surface area contributed by atoms with E-state index in [-0.39, 0.29) is 0 Å². The molecule has 0 unspecified atom stereocenters. The maximum atomic E-state index is 4.38. The number of hydrogen-bond donors (Lipinski definition) is 0. The first kappa shape index (κ1) is 13.4. The fraction of sp³-hybridized carbons (Fsp3) is 0.250. The van der Waals surface area contributed by atoms with Crippen molar-refractivity contribution in [2.24, 2.45) is 5.92 Å². The number of nitrogens with zero attached hydrogens (tertiary/aromatic N) is 5. The van der Waals surface area contributed by atoms with Gasteiger partial charge in [-0.15, -0.1) is 0 Å². The third-order valence-electron chi connectivity index (χ3n) is 3.21. The van der Waals surface area contributed by atoms with E-state index in [9.17, 15) is 0 Å². The van der Waals surface area contributed by atoms with Crippen molar-refractivity contribution in [3.8, 4) is 17.1 Å². The lowest BCUT2D eigenvalue weighted by atomic mass is 9.97. The Morgan fingerprint density at radius 2 is 1.95 bits per heavy atom. The predicted octanol–water partition coefficient (Wildman–Crippen LogP) is 2.92. The topological polar surface area (TPSA) is 56.5 Å². The molecule has 0 aliphatic rings. The zero-order chi connectivity index (χ0) is 14.7. The maximum Gasteiger partial charge on any atom is 0.159 e. The quantitative estimate of drug-likeness (QED) is 0.737. The Balaban J connectivity index is 2.10. The largest absolute Gasteiger partial charge is 0.237 e. The van der Waals surface area contributed by atoms with Crippen LogP contribution in [-0.2, 0) is 6.42 Å². The van der Waals surface area contributed by atoms with Crippen LogP contribution in [-0.4, -0.2) is 24.7 Å². The molecule has 0 amide bonds. The van der Waals surface area contributed by atoms with Gasteiger partial charge in [-0.3, -0.25) is 0 Å². The monoisotopic (exact) mass is 279 g/mol. The molecule has 5 nitrogen and oxygen atoms in total. The van der Waals surface area contributed by atoms with Gasteiger partial charge in [0.15, 0.2) is 5.82 Å². The molecule has 1 aromatic carbocycles. The summed E-state index contributed by atoms with van der Waals surface area (Å²) < 4.78 is 1.74. The van der Waals surface area contributed by atoms with Crippen molar-refractivity contribution in [3.63, 3.8) is 0 Å². The average molecular weight is 279 g/mol. The van der Waals surface area contributed by atoms with E-state index in [4.69, 9.17) is 0 Å². The van der Waals surface area contributed by atoms with E-state index in [1.54, 1.807) is 23.4 Å². The third kappa shape index (κ3) is 2.97. The number of hydrogen-bond acceptors (Lipinski definition) is 4. The van der Waals surface area contributed by atoms with Gasteiger partial charge >= 0.3 is 0 Å². The number of aromatic nitrogens is 5. The van der Waals surface area contributed by atoms with Crippen molar-refractivity contribution in [1.82, 2.24) is 24.7 Å². The van der Waals surface area contributed by atoms with Crippen molar-refractivity contribution in [2.45, 2.75) is 20.3 Å². The van der Waals surface area contributed by atoms with Crippen molar-refractivity contribution >= 4 is 0 Å². The Kier molecular flexibility index (Phi) is 3.73. The molecular weight excluding hydrogens is 262 g/mol. The van der Waals surface area contributed by atoms with E-state index >= 15 is 0 Å². The van der Waals surface area contributed by atoms with E-state index in [1.807, 2.05) is 6.07 Å². The van der Waals surface area contributed by atoms with E-state index in [0.29, 0.717) is 5.92 Å². The fourth-order valence-electron chi connectivity index (χ4n) is 2.31. The van der Waals surface area contributed by atoms with Gasteiger partial charge in [0.2, 0.25) is 0 Å². The minimum absolute atomic E-state index is 0.574. The Hall–Kier alpha value is -2.56. The molecule has 3 rings (SSSR count). The first-order valence-corrected chi connectivity index (χ1v) is 6.99. The lowest BCUT2D eigenvalue weighted by Gasteiger charge is -2.12. The molecule has 2 aromatic heterocycles. The normalized spacial score (nSPS) is 11.0. The highest BCUT2D eigenvalue weighted by Crippen LogP contribution is 2.25. The van der Waals surface area contributed by atoms with E-state index in [1.165, 1.54) is 11.9 Å². The van der Waals surface area contributed by atoms with Crippen LogP contribution in [0.15, 0.2) is 49.3 Å². The molecule has 3 aromatic rings. The van der Waals surface area contributed by atoms with Crippen LogP contribution in [0.25, 0.3) is 17.1 Å². The summed E-state index contributed by atoms with van der Waals surface area (Å²) in [6.07, 6.45) is 7.74. The van der Waals surface area contributed by atoms with Crippen molar-refractivity contribution < 1.29 is 0 Å². The second-order valence-electron chi connectivity index (χ2n) is 5.35. The lowest BCUT2D eigenvalue weighted by molar-refractivity contribution is 0.647. The molecule has 0 saturated heterocycles. The van der Waals surface area contributed by atoms with Crippen molar-refractivity contribution in [3.05, 3.63) is 54.9 Å². The van der Waals surface area contributed by atoms with Crippen molar-refractivity contribution in [1.29, 1.82) is 0 Å². The molecule has 2 heterocycles. The van der Waals surface area contributed by atoms with Crippen LogP contribution in [0.3, 0.4) is 0 Å². The summed E-state index contributed by atoms with van der Waals surface area (Å²) in [7, 11) is 0. The Morgan fingerprint density at radius 3 is 2.62 bits per heavy atom. The SMILES string of the molecule is CC(C)Cc1ccc(-n2cncn2)cc1-c1ncccn1. The average Bonchev–Trinajstić information content (AvgIpc) is 3.02. The highest BCUT2D eigenvalue weighted by Gasteiger charge is 2.11. The smallest absolute Gasteiger partial charge is 0.159 e. The highest BCUT2D eigenvalue weighted by molar-refractivity contribution is 5.63. The van der Waals surface area contributed by atoms with Crippen LogP contribution in [0.2, 0.25) is 0 Å². The van der Waals surface area contributed by atoms with Gasteiger partial charge in [-0.1, -0.05) is 19.9 Å². The minimum atomic E-state index is 0.574. The summed E-state index contributed by atoms with van der Waals surface area (Å²) in [5.74, 6) is 1.32. The zero-order valence-corrected chi connectivity index (χ0v) is 12.1. The Labute approximate surface area is 123 Å². The third-order valence-corrected chi connectivity index (χ3v) is 3.21. The molecule has 0 aliphatic carbocycles. The van der Waals surface area contributed by atoms with Gasteiger partial charge in [0, 0.05) is 18.0 Å². The summed E-state index contributed by atoms with van der Waals surface area (Å²) in [6, 6.07) is 8.08. The molecule has 0 fully saturated rings. The number of benzene rings is 1. The molecule has 0 bridgehead atoms. The van der Waals surface area contributed by atoms with Crippen molar-refractivity contribution in [2.75, 3.05) is 0 Å². The van der Waals surface area contributed by atoms with Crippen LogP contribution in [0.5, 0.6) is 0 Å². The summed E-state index contributed by atoms with van der Waals surface area (Å²) in [5, 5.41) is 4.18. The second kappa shape index (κ2) is 5.83. The predicted molar refractivity (Wildman–Crippen MR) is 80.9 cm³/mol. The van der Waals surface area contributed by atoms with E-state index in [2.05, 4.69) is 52.1 Å². The standard InChI is InChI=1S/C16H17N5/c1-12(2)8-13-4-5-14(21-11-17-10-20-21)9-15(13)16-18-6-3-7-19-16/h3-7,9-12H,8H2,1-2H3. The molecular formula is C16H17N5. The Morgan fingerprint density at radius 1 is 1.14 bits per heavy atom. The summed E-state index contributed by atoms with van der Waals surface area (Å²) in [4.78, 5) is 12.8. The fourth-order valence-corrected chi connectivity index (χ4v) is 2.31. The maximum absolute atomic E-state index is 4.38. The van der Waals surface area contributed by atoms with Gasteiger partial charge in [-0.05, 0) is 36.1 Å². The van der Waals surface area contributed by atoms with Gasteiger partial charge < -0.3 is 0 Å². The molecule has 0 saturated carbocycles. The highest BCUT2D eigenvalue weighted by atomic mass is 15.3. The summed E-state index contributed by atoms with van der Waals surface area (Å²) in [6.45, 7) is 4.42. The van der Waals surface area contributed by atoms with Crippen LogP contribution < -0.4 is 0 Å². The number of rotatable bonds is 4. The first-order chi connectivity index (χ1) is 10.2. The molecule has 21 heavy (non-hydrogen) atoms. The molecule has 0 atom stereocenters. The van der Waals surface area contributed by atoms with Gasteiger partial charge in [0.25, 0.3) is 0 Å². The van der Waals surface area contributed by atoms with Gasteiger partial charge in [0.05, 0.1) is 5.69 Å². The van der Waals surface area contributed by atoms with E-state index in [0.717, 1.165) is 23.5 Å². The van der Waals surface area contributed by atoms with Gasteiger partial charge in [0.1, 0.15) is 12.7 Å². The van der Waals surface area contributed by atoms with Gasteiger partial charge in [-0.25, -0.2) is 19.6 Å². The van der Waals surface area contributed by atoms with Gasteiger partial charge in [-0.2, -0.15) is 5.10 Å². The Bertz CT molecular complexity index is 705. The summed E-state index contributed by atoms with van der Waals surface area (Å²) in [5.41, 5.74) is 3.26. The molecule has 0 radical (unpaired) electrons. The molecule has 106 valence electrons. The van der Waals surface area contributed by atoms with Crippen LogP contribution >= 0.6 is 0 Å². The van der Waals surface area contributed by atoms with Crippen LogP contribution in [0, 0.1) is 5.92 Å². The second-order valence-corrected chi connectivity index (χ2v) is 5.35. The molecule has 0 aliphatic heterocycles. The molecule has 5 heteroatoms. The van der Waals surface area contributed by atoms with E-state index < -0.39 is 0 Å². The minimum Gasteiger partial charge on any atom is -0.237 e. The first-order valence-electron chi connectivity index (χ1n) is 6.99. The lowest BCUT2D eigenvalue weighted by Crippen LogP contribution is -2.02. The zero-order valence-electron chi connectivity index (χ0n) is 12.1. The van der Waals surface area contributed by atoms with Crippen LogP contribution in [0.1, 0.15) is 19.4 Å². The molecule has 0 spiro atoms.